The minimum atomic E-state index is -3.84. The molecule has 190 valence electrons. The Morgan fingerprint density at radius 2 is 1.77 bits per heavy atom. The lowest BCUT2D eigenvalue weighted by Gasteiger charge is -2.33. The molecule has 1 atom stereocenters. The molecule has 0 unspecified atom stereocenters. The highest BCUT2D eigenvalue weighted by Gasteiger charge is 2.32. The van der Waals surface area contributed by atoms with Gasteiger partial charge in [-0.1, -0.05) is 36.7 Å². The molecule has 0 saturated carbocycles. The van der Waals surface area contributed by atoms with Crippen molar-refractivity contribution in [2.75, 3.05) is 36.9 Å². The highest BCUT2D eigenvalue weighted by Crippen LogP contribution is 2.35. The lowest BCUT2D eigenvalue weighted by atomic mass is 10.1. The largest absolute Gasteiger partial charge is 0.486 e. The number of likely N-dealkylation sites (N-methyl/N-ethyl adjacent to an activating group) is 1. The normalized spacial score (nSPS) is 13.6. The standard InChI is InChI=1S/C24H30ClN3O6S/c1-4-20(24(30)26-3)27(15-17-8-6-7-9-19(17)25)23(29)16-28(35(31,32)5-2)18-10-11-21-22(14-18)34-13-12-33-21/h6-11,14,20H,4-5,12-13,15-16H2,1-3H3,(H,26,30)/t20-/m0/s1. The first-order valence-corrected chi connectivity index (χ1v) is 13.3. The topological polar surface area (TPSA) is 105 Å². The van der Waals surface area contributed by atoms with Crippen molar-refractivity contribution in [2.45, 2.75) is 32.9 Å². The molecule has 9 nitrogen and oxygen atoms in total. The third kappa shape index (κ3) is 6.18. The van der Waals surface area contributed by atoms with Crippen molar-refractivity contribution >= 4 is 39.1 Å². The van der Waals surface area contributed by atoms with Gasteiger partial charge in [0.1, 0.15) is 25.8 Å². The molecular formula is C24H30ClN3O6S. The highest BCUT2D eigenvalue weighted by atomic mass is 35.5. The smallest absolute Gasteiger partial charge is 0.244 e. The van der Waals surface area contributed by atoms with Crippen LogP contribution in [0.15, 0.2) is 42.5 Å². The van der Waals surface area contributed by atoms with Crippen LogP contribution in [0.3, 0.4) is 0 Å². The number of anilines is 1. The van der Waals surface area contributed by atoms with Gasteiger partial charge in [-0.25, -0.2) is 8.42 Å². The predicted octanol–water partition coefficient (Wildman–Crippen LogP) is 2.82. The molecule has 0 aromatic heterocycles. The van der Waals surface area contributed by atoms with Crippen LogP contribution in [-0.2, 0) is 26.2 Å². The molecule has 1 aliphatic rings. The van der Waals surface area contributed by atoms with E-state index in [1.165, 1.54) is 18.9 Å². The average Bonchev–Trinajstić information content (AvgIpc) is 2.87. The van der Waals surface area contributed by atoms with E-state index in [9.17, 15) is 18.0 Å². The quantitative estimate of drug-likeness (QED) is 0.513. The maximum Gasteiger partial charge on any atom is 0.244 e. The average molecular weight is 524 g/mol. The van der Waals surface area contributed by atoms with Crippen LogP contribution in [0.25, 0.3) is 0 Å². The van der Waals surface area contributed by atoms with E-state index in [1.807, 2.05) is 0 Å². The summed E-state index contributed by atoms with van der Waals surface area (Å²) < 4.78 is 38.3. The Labute approximate surface area is 211 Å². The Bertz CT molecular complexity index is 1170. The first-order chi connectivity index (χ1) is 16.7. The second kappa shape index (κ2) is 11.6. The molecule has 0 aliphatic carbocycles. The van der Waals surface area contributed by atoms with E-state index in [1.54, 1.807) is 49.4 Å². The van der Waals surface area contributed by atoms with Gasteiger partial charge in [-0.15, -0.1) is 0 Å². The van der Waals surface area contributed by atoms with Crippen LogP contribution in [0.1, 0.15) is 25.8 Å². The molecule has 2 aromatic carbocycles. The number of ether oxygens (including phenoxy) is 2. The van der Waals surface area contributed by atoms with Gasteiger partial charge in [0.15, 0.2) is 11.5 Å². The molecular weight excluding hydrogens is 494 g/mol. The van der Waals surface area contributed by atoms with E-state index in [4.69, 9.17) is 21.1 Å². The molecule has 2 aromatic rings. The van der Waals surface area contributed by atoms with Crippen molar-refractivity contribution in [3.05, 3.63) is 53.1 Å². The van der Waals surface area contributed by atoms with Crippen molar-refractivity contribution in [1.82, 2.24) is 10.2 Å². The van der Waals surface area contributed by atoms with Gasteiger partial charge in [0.05, 0.1) is 11.4 Å². The van der Waals surface area contributed by atoms with Crippen LogP contribution in [0.4, 0.5) is 5.69 Å². The fraction of sp³-hybridized carbons (Fsp3) is 0.417. The number of fused-ring (bicyclic) bond motifs is 1. The van der Waals surface area contributed by atoms with Crippen molar-refractivity contribution in [1.29, 1.82) is 0 Å². The molecule has 0 fully saturated rings. The fourth-order valence-electron chi connectivity index (χ4n) is 3.80. The summed E-state index contributed by atoms with van der Waals surface area (Å²) in [5, 5.41) is 3.03. The van der Waals surface area contributed by atoms with Crippen LogP contribution < -0.4 is 19.1 Å². The van der Waals surface area contributed by atoms with Gasteiger partial charge in [0, 0.05) is 24.7 Å². The van der Waals surface area contributed by atoms with E-state index in [2.05, 4.69) is 5.32 Å². The summed E-state index contributed by atoms with van der Waals surface area (Å²) in [6.07, 6.45) is 0.334. The summed E-state index contributed by atoms with van der Waals surface area (Å²) in [6, 6.07) is 10.9. The number of halogens is 1. The molecule has 0 spiro atoms. The molecule has 0 saturated heterocycles. The number of benzene rings is 2. The molecule has 1 aliphatic heterocycles. The predicted molar refractivity (Wildman–Crippen MR) is 134 cm³/mol. The molecule has 2 amide bonds. The number of carbonyl (C=O) groups excluding carboxylic acids is 2. The Balaban J connectivity index is 1.99. The number of nitrogens with zero attached hydrogens (tertiary/aromatic N) is 2. The molecule has 0 radical (unpaired) electrons. The first-order valence-electron chi connectivity index (χ1n) is 11.4. The Hall–Kier alpha value is -2.98. The lowest BCUT2D eigenvalue weighted by Crippen LogP contribution is -2.52. The SMILES string of the molecule is CC[C@@H](C(=O)NC)N(Cc1ccccc1Cl)C(=O)CN(c1ccc2c(c1)OCCO2)S(=O)(=O)CC. The Kier molecular flexibility index (Phi) is 8.85. The van der Waals surface area contributed by atoms with Gasteiger partial charge in [0.2, 0.25) is 21.8 Å². The third-order valence-electron chi connectivity index (χ3n) is 5.72. The maximum atomic E-state index is 13.7. The second-order valence-corrected chi connectivity index (χ2v) is 10.5. The van der Waals surface area contributed by atoms with Gasteiger partial charge in [-0.05, 0) is 37.1 Å². The minimum Gasteiger partial charge on any atom is -0.486 e. The summed E-state index contributed by atoms with van der Waals surface area (Å²) in [7, 11) is -2.35. The van der Waals surface area contributed by atoms with E-state index in [0.29, 0.717) is 41.7 Å². The molecule has 1 heterocycles. The maximum absolute atomic E-state index is 13.7. The zero-order valence-electron chi connectivity index (χ0n) is 20.0. The molecule has 1 N–H and O–H groups in total. The van der Waals surface area contributed by atoms with Crippen LogP contribution in [0, 0.1) is 0 Å². The number of amides is 2. The van der Waals surface area contributed by atoms with Gasteiger partial charge in [-0.2, -0.15) is 0 Å². The summed E-state index contributed by atoms with van der Waals surface area (Å²) in [5.41, 5.74) is 0.921. The van der Waals surface area contributed by atoms with Crippen LogP contribution in [0.5, 0.6) is 11.5 Å². The first kappa shape index (κ1) is 26.6. The van der Waals surface area contributed by atoms with Crippen LogP contribution >= 0.6 is 11.6 Å². The Morgan fingerprint density at radius 3 is 2.40 bits per heavy atom. The number of nitrogens with one attached hydrogen (secondary N) is 1. The van der Waals surface area contributed by atoms with Crippen LogP contribution in [0.2, 0.25) is 5.02 Å². The number of carbonyl (C=O) groups is 2. The zero-order chi connectivity index (χ0) is 25.6. The van der Waals surface area contributed by atoms with E-state index in [-0.39, 0.29) is 23.9 Å². The number of sulfonamides is 1. The summed E-state index contributed by atoms with van der Waals surface area (Å²) in [5.74, 6) is -0.191. The van der Waals surface area contributed by atoms with Crippen molar-refractivity contribution < 1.29 is 27.5 Å². The molecule has 3 rings (SSSR count). The molecule has 35 heavy (non-hydrogen) atoms. The molecule has 11 heteroatoms. The minimum absolute atomic E-state index is 0.0472. The van der Waals surface area contributed by atoms with Crippen molar-refractivity contribution in [2.24, 2.45) is 0 Å². The van der Waals surface area contributed by atoms with Gasteiger partial charge in [-0.3, -0.25) is 13.9 Å². The second-order valence-electron chi connectivity index (χ2n) is 7.89. The van der Waals surface area contributed by atoms with Gasteiger partial charge >= 0.3 is 0 Å². The van der Waals surface area contributed by atoms with Gasteiger partial charge < -0.3 is 19.7 Å². The van der Waals surface area contributed by atoms with Crippen molar-refractivity contribution in [3.8, 4) is 11.5 Å². The zero-order valence-corrected chi connectivity index (χ0v) is 21.6. The van der Waals surface area contributed by atoms with Crippen molar-refractivity contribution in [3.63, 3.8) is 0 Å². The number of hydrogen-bond donors (Lipinski definition) is 1. The van der Waals surface area contributed by atoms with E-state index < -0.39 is 28.5 Å². The Morgan fingerprint density at radius 1 is 1.09 bits per heavy atom. The molecule has 0 bridgehead atoms. The summed E-state index contributed by atoms with van der Waals surface area (Å²) >= 11 is 6.33. The van der Waals surface area contributed by atoms with Crippen LogP contribution in [-0.4, -0.2) is 63.7 Å². The monoisotopic (exact) mass is 523 g/mol. The lowest BCUT2D eigenvalue weighted by molar-refractivity contribution is -0.140. The fourth-order valence-corrected chi connectivity index (χ4v) is 5.05. The number of rotatable bonds is 10. The van der Waals surface area contributed by atoms with E-state index in [0.717, 1.165) is 4.31 Å². The summed E-state index contributed by atoms with van der Waals surface area (Å²) in [6.45, 7) is 3.59. The van der Waals surface area contributed by atoms with Gasteiger partial charge in [0.25, 0.3) is 0 Å². The highest BCUT2D eigenvalue weighted by molar-refractivity contribution is 7.92. The number of hydrogen-bond acceptors (Lipinski definition) is 6. The third-order valence-corrected chi connectivity index (χ3v) is 7.83. The van der Waals surface area contributed by atoms with E-state index >= 15 is 0 Å². The summed E-state index contributed by atoms with van der Waals surface area (Å²) in [4.78, 5) is 27.7.